The molecule has 0 aromatic carbocycles. The van der Waals surface area contributed by atoms with E-state index in [0.29, 0.717) is 5.41 Å². The molecule has 0 aromatic rings. The molecule has 0 rings (SSSR count). The third-order valence-corrected chi connectivity index (χ3v) is 4.72. The SMILES string of the molecule is CCCC(CS)(CCC)CN(C)C(CC)CC. The molecule has 0 aliphatic heterocycles. The van der Waals surface area contributed by atoms with E-state index in [2.05, 4.69) is 52.3 Å². The van der Waals surface area contributed by atoms with Gasteiger partial charge >= 0.3 is 0 Å². The Morgan fingerprint density at radius 1 is 1.00 bits per heavy atom. The van der Waals surface area contributed by atoms with Crippen LogP contribution in [0.2, 0.25) is 0 Å². The van der Waals surface area contributed by atoms with Crippen LogP contribution in [0.1, 0.15) is 66.2 Å². The molecule has 0 saturated heterocycles. The van der Waals surface area contributed by atoms with Crippen LogP contribution in [0.3, 0.4) is 0 Å². The zero-order chi connectivity index (χ0) is 13.3. The van der Waals surface area contributed by atoms with Gasteiger partial charge in [-0.2, -0.15) is 12.6 Å². The molecular weight excluding hydrogens is 226 g/mol. The van der Waals surface area contributed by atoms with Crippen molar-refractivity contribution in [1.82, 2.24) is 4.90 Å². The van der Waals surface area contributed by atoms with Crippen molar-refractivity contribution in [2.24, 2.45) is 5.41 Å². The molecule has 0 atom stereocenters. The zero-order valence-corrected chi connectivity index (χ0v) is 13.5. The standard InChI is InChI=1S/C15H33NS/c1-6-10-15(13-17,11-7-2)12-16(5)14(8-3)9-4/h14,17H,6-13H2,1-5H3. The molecule has 0 unspecified atom stereocenters. The predicted octanol–water partition coefficient (Wildman–Crippen LogP) is 4.62. The van der Waals surface area contributed by atoms with Crippen molar-refractivity contribution in [3.05, 3.63) is 0 Å². The first kappa shape index (κ1) is 17.3. The van der Waals surface area contributed by atoms with Crippen molar-refractivity contribution in [3.8, 4) is 0 Å². The molecule has 0 fully saturated rings. The van der Waals surface area contributed by atoms with E-state index >= 15 is 0 Å². The van der Waals surface area contributed by atoms with Crippen LogP contribution >= 0.6 is 12.6 Å². The molecule has 1 nitrogen and oxygen atoms in total. The van der Waals surface area contributed by atoms with Crippen LogP contribution in [0.4, 0.5) is 0 Å². The predicted molar refractivity (Wildman–Crippen MR) is 83.1 cm³/mol. The van der Waals surface area contributed by atoms with Gasteiger partial charge in [0.25, 0.3) is 0 Å². The van der Waals surface area contributed by atoms with Crippen molar-refractivity contribution >= 4 is 12.6 Å². The van der Waals surface area contributed by atoms with Crippen molar-refractivity contribution in [1.29, 1.82) is 0 Å². The number of hydrogen-bond donors (Lipinski definition) is 1. The molecule has 0 spiro atoms. The summed E-state index contributed by atoms with van der Waals surface area (Å²) in [6.07, 6.45) is 7.69. The average molecular weight is 260 g/mol. The summed E-state index contributed by atoms with van der Waals surface area (Å²) in [4.78, 5) is 2.57. The highest BCUT2D eigenvalue weighted by atomic mass is 32.1. The minimum absolute atomic E-state index is 0.434. The van der Waals surface area contributed by atoms with E-state index < -0.39 is 0 Å². The summed E-state index contributed by atoms with van der Waals surface area (Å²) < 4.78 is 0. The van der Waals surface area contributed by atoms with Crippen LogP contribution in [0, 0.1) is 5.41 Å². The summed E-state index contributed by atoms with van der Waals surface area (Å²) in [5.41, 5.74) is 0.434. The Balaban J connectivity index is 4.59. The lowest BCUT2D eigenvalue weighted by Crippen LogP contribution is -2.42. The Hall–Kier alpha value is 0.310. The van der Waals surface area contributed by atoms with Gasteiger partial charge in [0, 0.05) is 12.6 Å². The van der Waals surface area contributed by atoms with Gasteiger partial charge in [0.1, 0.15) is 0 Å². The third-order valence-electron chi connectivity index (χ3n) is 4.05. The van der Waals surface area contributed by atoms with Crippen molar-refractivity contribution in [2.75, 3.05) is 19.3 Å². The molecule has 17 heavy (non-hydrogen) atoms. The average Bonchev–Trinajstić information content (AvgIpc) is 2.31. The van der Waals surface area contributed by atoms with Gasteiger partial charge in [-0.05, 0) is 43.9 Å². The van der Waals surface area contributed by atoms with Crippen LogP contribution < -0.4 is 0 Å². The first-order chi connectivity index (χ1) is 8.09. The lowest BCUT2D eigenvalue weighted by Gasteiger charge is -2.39. The highest BCUT2D eigenvalue weighted by Crippen LogP contribution is 2.33. The maximum absolute atomic E-state index is 4.64. The summed E-state index contributed by atoms with van der Waals surface area (Å²) in [5, 5.41) is 0. The molecule has 2 heteroatoms. The van der Waals surface area contributed by atoms with Crippen LogP contribution in [0.5, 0.6) is 0 Å². The Labute approximate surface area is 115 Å². The molecule has 0 N–H and O–H groups in total. The summed E-state index contributed by atoms with van der Waals surface area (Å²) >= 11 is 4.64. The van der Waals surface area contributed by atoms with E-state index in [-0.39, 0.29) is 0 Å². The molecule has 0 radical (unpaired) electrons. The largest absolute Gasteiger partial charge is 0.303 e. The molecule has 0 bridgehead atoms. The van der Waals surface area contributed by atoms with Crippen LogP contribution in [0.25, 0.3) is 0 Å². The molecule has 0 amide bonds. The highest BCUT2D eigenvalue weighted by Gasteiger charge is 2.29. The van der Waals surface area contributed by atoms with E-state index in [1.807, 2.05) is 0 Å². The lowest BCUT2D eigenvalue weighted by atomic mass is 9.80. The van der Waals surface area contributed by atoms with Gasteiger partial charge in [0.05, 0.1) is 0 Å². The normalized spacial score (nSPS) is 12.7. The molecule has 0 aliphatic carbocycles. The van der Waals surface area contributed by atoms with Crippen molar-refractivity contribution in [2.45, 2.75) is 72.3 Å². The van der Waals surface area contributed by atoms with E-state index in [4.69, 9.17) is 0 Å². The summed E-state index contributed by atoms with van der Waals surface area (Å²) in [6, 6.07) is 0.739. The molecular formula is C15H33NS. The van der Waals surface area contributed by atoms with Gasteiger partial charge in [-0.3, -0.25) is 0 Å². The van der Waals surface area contributed by atoms with E-state index in [9.17, 15) is 0 Å². The highest BCUT2D eigenvalue weighted by molar-refractivity contribution is 7.80. The second-order valence-electron chi connectivity index (χ2n) is 5.54. The third kappa shape index (κ3) is 5.65. The van der Waals surface area contributed by atoms with E-state index in [0.717, 1.165) is 11.8 Å². The monoisotopic (exact) mass is 259 g/mol. The van der Waals surface area contributed by atoms with Crippen LogP contribution in [-0.4, -0.2) is 30.3 Å². The quantitative estimate of drug-likeness (QED) is 0.560. The summed E-state index contributed by atoms with van der Waals surface area (Å²) in [6.45, 7) is 10.4. The fraction of sp³-hybridized carbons (Fsp3) is 1.00. The Morgan fingerprint density at radius 2 is 1.47 bits per heavy atom. The summed E-state index contributed by atoms with van der Waals surface area (Å²) in [5.74, 6) is 1.03. The smallest absolute Gasteiger partial charge is 0.00872 e. The van der Waals surface area contributed by atoms with Gasteiger partial charge in [-0.1, -0.05) is 40.5 Å². The van der Waals surface area contributed by atoms with Crippen LogP contribution in [-0.2, 0) is 0 Å². The number of thiol groups is 1. The van der Waals surface area contributed by atoms with Crippen molar-refractivity contribution in [3.63, 3.8) is 0 Å². The van der Waals surface area contributed by atoms with Gasteiger partial charge in [0.2, 0.25) is 0 Å². The van der Waals surface area contributed by atoms with E-state index in [1.165, 1.54) is 45.1 Å². The minimum atomic E-state index is 0.434. The van der Waals surface area contributed by atoms with Crippen LogP contribution in [0.15, 0.2) is 0 Å². The van der Waals surface area contributed by atoms with Gasteiger partial charge in [0.15, 0.2) is 0 Å². The number of hydrogen-bond acceptors (Lipinski definition) is 2. The van der Waals surface area contributed by atoms with Gasteiger partial charge in [-0.25, -0.2) is 0 Å². The topological polar surface area (TPSA) is 3.24 Å². The molecule has 0 saturated carbocycles. The maximum atomic E-state index is 4.64. The molecule has 0 aromatic heterocycles. The Kier molecular flexibility index (Phi) is 9.44. The summed E-state index contributed by atoms with van der Waals surface area (Å²) in [7, 11) is 2.29. The fourth-order valence-electron chi connectivity index (χ4n) is 3.12. The Bertz CT molecular complexity index is 172. The first-order valence-corrected chi connectivity index (χ1v) is 8.03. The molecule has 0 heterocycles. The second-order valence-corrected chi connectivity index (χ2v) is 5.86. The number of nitrogens with zero attached hydrogens (tertiary/aromatic N) is 1. The van der Waals surface area contributed by atoms with Crippen molar-refractivity contribution < 1.29 is 0 Å². The zero-order valence-electron chi connectivity index (χ0n) is 12.6. The molecule has 0 aliphatic rings. The van der Waals surface area contributed by atoms with Gasteiger partial charge < -0.3 is 4.90 Å². The second kappa shape index (κ2) is 9.27. The first-order valence-electron chi connectivity index (χ1n) is 7.40. The number of rotatable bonds is 10. The Morgan fingerprint density at radius 3 is 1.76 bits per heavy atom. The van der Waals surface area contributed by atoms with E-state index in [1.54, 1.807) is 0 Å². The molecule has 104 valence electrons. The minimum Gasteiger partial charge on any atom is -0.303 e. The van der Waals surface area contributed by atoms with Gasteiger partial charge in [-0.15, -0.1) is 0 Å². The maximum Gasteiger partial charge on any atom is 0.00872 e. The lowest BCUT2D eigenvalue weighted by molar-refractivity contribution is 0.127. The fourth-order valence-corrected chi connectivity index (χ4v) is 3.54.